The van der Waals surface area contributed by atoms with Crippen molar-refractivity contribution >= 4 is 5.91 Å². The van der Waals surface area contributed by atoms with Crippen LogP contribution in [0.25, 0.3) is 0 Å². The highest BCUT2D eigenvalue weighted by Crippen LogP contribution is 2.15. The first-order chi connectivity index (χ1) is 9.10. The van der Waals surface area contributed by atoms with Gasteiger partial charge in [-0.15, -0.1) is 0 Å². The van der Waals surface area contributed by atoms with Crippen molar-refractivity contribution < 1.29 is 9.21 Å². The highest BCUT2D eigenvalue weighted by Gasteiger charge is 2.24. The van der Waals surface area contributed by atoms with E-state index in [2.05, 4.69) is 18.8 Å². The van der Waals surface area contributed by atoms with Gasteiger partial charge in [-0.2, -0.15) is 0 Å². The molecule has 0 fully saturated rings. The van der Waals surface area contributed by atoms with E-state index in [0.29, 0.717) is 0 Å². The molecule has 1 amide bonds. The third-order valence-electron chi connectivity index (χ3n) is 3.37. The number of amides is 1. The van der Waals surface area contributed by atoms with Crippen molar-refractivity contribution in [2.75, 3.05) is 6.54 Å². The standard InChI is InChI=1S/C15H26N2O2/c1-5-7-8-17(15(18)12(3)4)14(6-2)9-13-10-19-11-16-13/h10-12,14H,5-9H2,1-4H3. The number of rotatable bonds is 8. The molecular weight excluding hydrogens is 240 g/mol. The Bertz CT molecular complexity index is 360. The van der Waals surface area contributed by atoms with E-state index in [1.807, 2.05) is 18.7 Å². The predicted molar refractivity (Wildman–Crippen MR) is 75.7 cm³/mol. The van der Waals surface area contributed by atoms with Gasteiger partial charge >= 0.3 is 0 Å². The molecule has 0 saturated heterocycles. The molecule has 0 spiro atoms. The zero-order valence-electron chi connectivity index (χ0n) is 12.6. The fourth-order valence-corrected chi connectivity index (χ4v) is 2.19. The average molecular weight is 266 g/mol. The number of hydrogen-bond acceptors (Lipinski definition) is 3. The second kappa shape index (κ2) is 7.97. The third kappa shape index (κ3) is 4.69. The van der Waals surface area contributed by atoms with Crippen molar-refractivity contribution in [3.05, 3.63) is 18.4 Å². The van der Waals surface area contributed by atoms with Crippen LogP contribution in [-0.4, -0.2) is 28.4 Å². The van der Waals surface area contributed by atoms with Gasteiger partial charge < -0.3 is 9.32 Å². The Morgan fingerprint density at radius 3 is 2.63 bits per heavy atom. The van der Waals surface area contributed by atoms with Crippen LogP contribution in [0.3, 0.4) is 0 Å². The van der Waals surface area contributed by atoms with Crippen LogP contribution in [0.4, 0.5) is 0 Å². The lowest BCUT2D eigenvalue weighted by molar-refractivity contribution is -0.137. The molecule has 4 nitrogen and oxygen atoms in total. The smallest absolute Gasteiger partial charge is 0.225 e. The van der Waals surface area contributed by atoms with Gasteiger partial charge in [0.15, 0.2) is 6.39 Å². The molecule has 0 aliphatic heterocycles. The number of nitrogens with zero attached hydrogens (tertiary/aromatic N) is 2. The monoisotopic (exact) mass is 266 g/mol. The van der Waals surface area contributed by atoms with Gasteiger partial charge in [-0.05, 0) is 12.8 Å². The van der Waals surface area contributed by atoms with Crippen LogP contribution in [0, 0.1) is 5.92 Å². The first-order valence-electron chi connectivity index (χ1n) is 7.27. The van der Waals surface area contributed by atoms with Gasteiger partial charge in [-0.3, -0.25) is 4.79 Å². The van der Waals surface area contributed by atoms with Crippen LogP contribution in [0.15, 0.2) is 17.1 Å². The molecule has 0 aliphatic rings. The Balaban J connectivity index is 2.76. The van der Waals surface area contributed by atoms with Crippen LogP contribution in [-0.2, 0) is 11.2 Å². The molecule has 108 valence electrons. The molecule has 1 atom stereocenters. The van der Waals surface area contributed by atoms with Gasteiger partial charge in [0, 0.05) is 24.9 Å². The first-order valence-corrected chi connectivity index (χ1v) is 7.27. The molecule has 19 heavy (non-hydrogen) atoms. The summed E-state index contributed by atoms with van der Waals surface area (Å²) in [6.45, 7) is 9.03. The summed E-state index contributed by atoms with van der Waals surface area (Å²) in [6.07, 6.45) is 6.98. The van der Waals surface area contributed by atoms with E-state index in [4.69, 9.17) is 4.42 Å². The number of unbranched alkanes of at least 4 members (excludes halogenated alkanes) is 1. The first kappa shape index (κ1) is 15.7. The molecule has 0 N–H and O–H groups in total. The largest absolute Gasteiger partial charge is 0.451 e. The van der Waals surface area contributed by atoms with Crippen molar-refractivity contribution in [3.63, 3.8) is 0 Å². The molecule has 1 aromatic heterocycles. The van der Waals surface area contributed by atoms with Crippen LogP contribution >= 0.6 is 0 Å². The Morgan fingerprint density at radius 2 is 2.16 bits per heavy atom. The zero-order chi connectivity index (χ0) is 14.3. The van der Waals surface area contributed by atoms with Crippen LogP contribution in [0.5, 0.6) is 0 Å². The molecule has 0 saturated carbocycles. The van der Waals surface area contributed by atoms with Gasteiger partial charge in [0.25, 0.3) is 0 Å². The minimum absolute atomic E-state index is 0.0446. The Hall–Kier alpha value is -1.32. The van der Waals surface area contributed by atoms with E-state index in [-0.39, 0.29) is 17.9 Å². The van der Waals surface area contributed by atoms with Crippen molar-refractivity contribution in [3.8, 4) is 0 Å². The Kier molecular flexibility index (Phi) is 6.60. The number of oxazole rings is 1. The molecule has 0 radical (unpaired) electrons. The quantitative estimate of drug-likeness (QED) is 0.725. The minimum atomic E-state index is 0.0446. The molecule has 4 heteroatoms. The van der Waals surface area contributed by atoms with E-state index >= 15 is 0 Å². The maximum absolute atomic E-state index is 12.4. The summed E-state index contributed by atoms with van der Waals surface area (Å²) < 4.78 is 5.01. The molecular formula is C15H26N2O2. The summed E-state index contributed by atoms with van der Waals surface area (Å²) >= 11 is 0. The Morgan fingerprint density at radius 1 is 1.42 bits per heavy atom. The van der Waals surface area contributed by atoms with Gasteiger partial charge in [0.2, 0.25) is 5.91 Å². The number of hydrogen-bond donors (Lipinski definition) is 0. The van der Waals surface area contributed by atoms with Crippen molar-refractivity contribution in [2.45, 2.75) is 59.4 Å². The summed E-state index contributed by atoms with van der Waals surface area (Å²) in [7, 11) is 0. The lowest BCUT2D eigenvalue weighted by Gasteiger charge is -2.32. The molecule has 1 aromatic rings. The van der Waals surface area contributed by atoms with Crippen molar-refractivity contribution in [1.29, 1.82) is 0 Å². The average Bonchev–Trinajstić information content (AvgIpc) is 2.90. The Labute approximate surface area is 116 Å². The normalized spacial score (nSPS) is 12.7. The van der Waals surface area contributed by atoms with Crippen molar-refractivity contribution in [2.24, 2.45) is 5.92 Å². The second-order valence-electron chi connectivity index (χ2n) is 5.29. The molecule has 0 bridgehead atoms. The highest BCUT2D eigenvalue weighted by molar-refractivity contribution is 5.78. The summed E-state index contributed by atoms with van der Waals surface area (Å²) in [5.74, 6) is 0.284. The van der Waals surface area contributed by atoms with Gasteiger partial charge in [-0.1, -0.05) is 34.1 Å². The molecule has 0 aliphatic carbocycles. The minimum Gasteiger partial charge on any atom is -0.451 e. The number of aromatic nitrogens is 1. The van der Waals surface area contributed by atoms with Crippen molar-refractivity contribution in [1.82, 2.24) is 9.88 Å². The van der Waals surface area contributed by atoms with Crippen LogP contribution < -0.4 is 0 Å². The lowest BCUT2D eigenvalue weighted by atomic mass is 10.0. The van der Waals surface area contributed by atoms with Gasteiger partial charge in [-0.25, -0.2) is 4.98 Å². The highest BCUT2D eigenvalue weighted by atomic mass is 16.3. The summed E-state index contributed by atoms with van der Waals surface area (Å²) in [5.41, 5.74) is 0.921. The maximum Gasteiger partial charge on any atom is 0.225 e. The number of carbonyl (C=O) groups excluding carboxylic acids is 1. The topological polar surface area (TPSA) is 46.3 Å². The molecule has 1 unspecified atom stereocenters. The summed E-state index contributed by atoms with van der Waals surface area (Å²) in [6, 6.07) is 0.214. The lowest BCUT2D eigenvalue weighted by Crippen LogP contribution is -2.44. The van der Waals surface area contributed by atoms with E-state index < -0.39 is 0 Å². The molecule has 1 rings (SSSR count). The van der Waals surface area contributed by atoms with E-state index in [9.17, 15) is 4.79 Å². The van der Waals surface area contributed by atoms with Crippen LogP contribution in [0.2, 0.25) is 0 Å². The predicted octanol–water partition coefficient (Wildman–Crippen LogP) is 3.28. The number of carbonyl (C=O) groups is 1. The van der Waals surface area contributed by atoms with E-state index in [1.165, 1.54) is 6.39 Å². The van der Waals surface area contributed by atoms with Gasteiger partial charge in [0.05, 0.1) is 5.69 Å². The maximum atomic E-state index is 12.4. The van der Waals surface area contributed by atoms with Gasteiger partial charge in [0.1, 0.15) is 6.26 Å². The fourth-order valence-electron chi connectivity index (χ4n) is 2.19. The van der Waals surface area contributed by atoms with E-state index in [0.717, 1.165) is 37.9 Å². The SMILES string of the molecule is CCCCN(C(=O)C(C)C)C(CC)Cc1cocn1. The summed E-state index contributed by atoms with van der Waals surface area (Å²) in [5, 5.41) is 0. The fraction of sp³-hybridized carbons (Fsp3) is 0.733. The molecule has 1 heterocycles. The second-order valence-corrected chi connectivity index (χ2v) is 5.29. The van der Waals surface area contributed by atoms with Crippen LogP contribution in [0.1, 0.15) is 52.7 Å². The third-order valence-corrected chi connectivity index (χ3v) is 3.37. The zero-order valence-corrected chi connectivity index (χ0v) is 12.6. The summed E-state index contributed by atoms with van der Waals surface area (Å²) in [4.78, 5) is 18.6. The van der Waals surface area contributed by atoms with E-state index in [1.54, 1.807) is 6.26 Å². The molecule has 0 aromatic carbocycles.